The summed E-state index contributed by atoms with van der Waals surface area (Å²) in [5.41, 5.74) is 2.57. The van der Waals surface area contributed by atoms with Gasteiger partial charge in [0.15, 0.2) is 0 Å². The molecule has 0 spiro atoms. The summed E-state index contributed by atoms with van der Waals surface area (Å²) in [6.07, 6.45) is 2.24. The predicted octanol–water partition coefficient (Wildman–Crippen LogP) is 0.993. The van der Waals surface area contributed by atoms with Crippen LogP contribution in [0.1, 0.15) is 42.1 Å². The van der Waals surface area contributed by atoms with Crippen molar-refractivity contribution in [1.82, 2.24) is 25.2 Å². The van der Waals surface area contributed by atoms with Gasteiger partial charge in [0.1, 0.15) is 24.9 Å². The number of aliphatic hydroxyl groups is 1. The number of rotatable bonds is 9. The second-order valence-electron chi connectivity index (χ2n) is 7.87. The van der Waals surface area contributed by atoms with Crippen LogP contribution in [0.25, 0.3) is 10.9 Å². The van der Waals surface area contributed by atoms with Crippen molar-refractivity contribution in [3.8, 4) is 0 Å². The molecule has 3 N–H and O–H groups in total. The Balaban J connectivity index is 1.62. The molecule has 4 aromatic rings. The summed E-state index contributed by atoms with van der Waals surface area (Å²) < 4.78 is 7.15. The Morgan fingerprint density at radius 3 is 2.94 bits per heavy atom. The lowest BCUT2D eigenvalue weighted by Gasteiger charge is -2.25. The molecular formula is C22H27N6O3+. The number of tetrazole rings is 1. The molecule has 0 saturated heterocycles. The van der Waals surface area contributed by atoms with Gasteiger partial charge < -0.3 is 19.4 Å². The summed E-state index contributed by atoms with van der Waals surface area (Å²) in [6.45, 7) is 5.76. The van der Waals surface area contributed by atoms with Crippen molar-refractivity contribution >= 4 is 10.9 Å². The third-order valence-corrected chi connectivity index (χ3v) is 5.60. The average Bonchev–Trinajstić information content (AvgIpc) is 3.43. The molecule has 9 heteroatoms. The van der Waals surface area contributed by atoms with Gasteiger partial charge in [-0.25, -0.2) is 4.68 Å². The van der Waals surface area contributed by atoms with E-state index in [0.29, 0.717) is 37.4 Å². The van der Waals surface area contributed by atoms with Crippen LogP contribution in [0.2, 0.25) is 0 Å². The quantitative estimate of drug-likeness (QED) is 0.370. The molecule has 3 heterocycles. The van der Waals surface area contributed by atoms with E-state index in [1.807, 2.05) is 44.2 Å². The Bertz CT molecular complexity index is 1200. The molecule has 0 amide bonds. The number of pyridine rings is 1. The zero-order valence-electron chi connectivity index (χ0n) is 17.7. The minimum atomic E-state index is -0.0970. The molecule has 31 heavy (non-hydrogen) atoms. The topological polar surface area (TPSA) is 114 Å². The molecule has 0 aliphatic heterocycles. The smallest absolute Gasteiger partial charge is 0.257 e. The first-order valence-electron chi connectivity index (χ1n) is 10.4. The van der Waals surface area contributed by atoms with Gasteiger partial charge in [0.25, 0.3) is 5.56 Å². The number of nitrogens with zero attached hydrogens (tertiary/aromatic N) is 4. The first kappa shape index (κ1) is 21.0. The normalized spacial score (nSPS) is 13.5. The molecule has 0 radical (unpaired) electrons. The molecular weight excluding hydrogens is 396 g/mol. The number of hydrogen-bond donors (Lipinski definition) is 3. The maximum absolute atomic E-state index is 12.7. The van der Waals surface area contributed by atoms with E-state index >= 15 is 0 Å². The van der Waals surface area contributed by atoms with Crippen LogP contribution in [-0.2, 0) is 13.1 Å². The fourth-order valence-corrected chi connectivity index (χ4v) is 3.88. The summed E-state index contributed by atoms with van der Waals surface area (Å²) in [6, 6.07) is 11.5. The molecule has 0 aliphatic carbocycles. The van der Waals surface area contributed by atoms with Gasteiger partial charge in [-0.15, -0.1) is 5.10 Å². The fourth-order valence-electron chi connectivity index (χ4n) is 3.88. The number of nitrogens with one attached hydrogen (secondary N) is 2. The third-order valence-electron chi connectivity index (χ3n) is 5.60. The van der Waals surface area contributed by atoms with E-state index in [4.69, 9.17) is 4.42 Å². The van der Waals surface area contributed by atoms with Gasteiger partial charge in [-0.1, -0.05) is 11.6 Å². The molecule has 0 saturated carbocycles. The van der Waals surface area contributed by atoms with E-state index < -0.39 is 0 Å². The van der Waals surface area contributed by atoms with Gasteiger partial charge in [0.2, 0.25) is 5.82 Å². The number of hydrogen-bond acceptors (Lipinski definition) is 6. The van der Waals surface area contributed by atoms with Crippen LogP contribution >= 0.6 is 0 Å². The van der Waals surface area contributed by atoms with Crippen molar-refractivity contribution in [2.75, 3.05) is 13.2 Å². The number of aryl methyl sites for hydroxylation is 1. The maximum atomic E-state index is 12.7. The summed E-state index contributed by atoms with van der Waals surface area (Å²) in [7, 11) is 0. The molecule has 3 aromatic heterocycles. The van der Waals surface area contributed by atoms with Gasteiger partial charge in [-0.3, -0.25) is 4.79 Å². The number of aliphatic hydroxyl groups excluding tert-OH is 1. The molecule has 2 atom stereocenters. The number of quaternary nitrogens is 1. The van der Waals surface area contributed by atoms with Gasteiger partial charge in [0, 0.05) is 18.5 Å². The van der Waals surface area contributed by atoms with Gasteiger partial charge in [0.05, 0.1) is 18.4 Å². The predicted molar refractivity (Wildman–Crippen MR) is 115 cm³/mol. The van der Waals surface area contributed by atoms with Crippen molar-refractivity contribution in [1.29, 1.82) is 0 Å². The molecule has 0 bridgehead atoms. The van der Waals surface area contributed by atoms with Crippen molar-refractivity contribution in [3.63, 3.8) is 0 Å². The largest absolute Gasteiger partial charge is 0.467 e. The van der Waals surface area contributed by atoms with E-state index in [-0.39, 0.29) is 18.2 Å². The summed E-state index contributed by atoms with van der Waals surface area (Å²) >= 11 is 0. The maximum Gasteiger partial charge on any atom is 0.257 e. The highest BCUT2D eigenvalue weighted by atomic mass is 16.3. The highest BCUT2D eigenvalue weighted by Crippen LogP contribution is 2.14. The zero-order valence-corrected chi connectivity index (χ0v) is 17.7. The molecule has 9 nitrogen and oxygen atoms in total. The van der Waals surface area contributed by atoms with Crippen LogP contribution in [0.3, 0.4) is 0 Å². The first-order chi connectivity index (χ1) is 15.0. The minimum Gasteiger partial charge on any atom is -0.467 e. The number of H-pyrrole nitrogens is 1. The third kappa shape index (κ3) is 4.73. The Kier molecular flexibility index (Phi) is 6.24. The second-order valence-corrected chi connectivity index (χ2v) is 7.87. The summed E-state index contributed by atoms with van der Waals surface area (Å²) in [4.78, 5) is 16.8. The Hall–Kier alpha value is -3.30. The average molecular weight is 423 g/mol. The number of aromatic amines is 1. The summed E-state index contributed by atoms with van der Waals surface area (Å²) in [5.74, 6) is 1.47. The monoisotopic (exact) mass is 423 g/mol. The summed E-state index contributed by atoms with van der Waals surface area (Å²) in [5, 5.41) is 22.6. The first-order valence-corrected chi connectivity index (χ1v) is 10.4. The fraction of sp³-hybridized carbons (Fsp3) is 0.364. The molecule has 4 rings (SSSR count). The van der Waals surface area contributed by atoms with Crippen LogP contribution < -0.4 is 10.5 Å². The molecule has 1 unspecified atom stereocenters. The highest BCUT2D eigenvalue weighted by molar-refractivity contribution is 5.79. The standard InChI is InChI=1S/C22H26N6O3/c1-15-6-7-20-17(11-15)12-18(22(30)23-20)13-27(8-4-9-29)16(2)21-24-25-26-28(21)14-19-5-3-10-31-19/h3,5-7,10-12,16,29H,4,8-9,13-14H2,1-2H3,(H,23,30)/p+1/t16-/m0/s1. The number of benzene rings is 1. The number of aromatic nitrogens is 5. The molecule has 0 aliphatic rings. The zero-order chi connectivity index (χ0) is 21.8. The van der Waals surface area contributed by atoms with Crippen LogP contribution in [0, 0.1) is 6.92 Å². The van der Waals surface area contributed by atoms with E-state index in [9.17, 15) is 9.90 Å². The minimum absolute atomic E-state index is 0.0842. The number of furan rings is 1. The van der Waals surface area contributed by atoms with Crippen LogP contribution in [-0.4, -0.2) is 43.4 Å². The molecule has 162 valence electrons. The SMILES string of the molecule is Cc1ccc2[nH]c(=O)c(C[NH+](CCCO)[C@@H](C)c3nnnn3Cc3ccco3)cc2c1. The van der Waals surface area contributed by atoms with Crippen LogP contribution in [0.15, 0.2) is 51.9 Å². The Morgan fingerprint density at radius 1 is 1.29 bits per heavy atom. The lowest BCUT2D eigenvalue weighted by Crippen LogP contribution is -3.11. The van der Waals surface area contributed by atoms with Crippen LogP contribution in [0.4, 0.5) is 0 Å². The van der Waals surface area contributed by atoms with Crippen molar-refractivity contribution in [3.05, 3.63) is 75.7 Å². The van der Waals surface area contributed by atoms with E-state index in [1.165, 1.54) is 0 Å². The highest BCUT2D eigenvalue weighted by Gasteiger charge is 2.26. The Morgan fingerprint density at radius 2 is 2.16 bits per heavy atom. The second kappa shape index (κ2) is 9.23. The van der Waals surface area contributed by atoms with E-state index in [1.54, 1.807) is 10.9 Å². The van der Waals surface area contributed by atoms with E-state index in [2.05, 4.69) is 26.6 Å². The number of fused-ring (bicyclic) bond motifs is 1. The van der Waals surface area contributed by atoms with Crippen molar-refractivity contribution < 1.29 is 14.4 Å². The van der Waals surface area contributed by atoms with Crippen LogP contribution in [0.5, 0.6) is 0 Å². The lowest BCUT2D eigenvalue weighted by molar-refractivity contribution is -0.944. The lowest BCUT2D eigenvalue weighted by atomic mass is 10.1. The Labute approximate surface area is 179 Å². The van der Waals surface area contributed by atoms with Crippen molar-refractivity contribution in [2.45, 2.75) is 39.4 Å². The molecule has 0 fully saturated rings. The van der Waals surface area contributed by atoms with Crippen molar-refractivity contribution in [2.24, 2.45) is 0 Å². The van der Waals surface area contributed by atoms with Gasteiger partial charge >= 0.3 is 0 Å². The molecule has 1 aromatic carbocycles. The van der Waals surface area contributed by atoms with Gasteiger partial charge in [-0.2, -0.15) is 0 Å². The van der Waals surface area contributed by atoms with E-state index in [0.717, 1.165) is 27.1 Å². The van der Waals surface area contributed by atoms with Gasteiger partial charge in [-0.05, 0) is 60.0 Å².